The van der Waals surface area contributed by atoms with Crippen molar-refractivity contribution in [2.45, 2.75) is 59.6 Å². The molecular weight excluding hydrogens is 446 g/mol. The number of esters is 2. The molecule has 3 atom stereocenters. The number of nitrogens with zero attached hydrogens (tertiary/aromatic N) is 2. The Morgan fingerprint density at radius 3 is 2.54 bits per heavy atom. The number of rotatable bonds is 3. The summed E-state index contributed by atoms with van der Waals surface area (Å²) in [4.78, 5) is 43.4. The van der Waals surface area contributed by atoms with Gasteiger partial charge in [-0.05, 0) is 12.1 Å². The summed E-state index contributed by atoms with van der Waals surface area (Å²) in [5.41, 5.74) is 8.44. The normalized spacial score (nSPS) is 21.8. The molecule has 0 bridgehead atoms. The quantitative estimate of drug-likeness (QED) is 0.655. The van der Waals surface area contributed by atoms with Crippen molar-refractivity contribution in [1.29, 1.82) is 0 Å². The topological polar surface area (TPSA) is 112 Å². The Kier molecular flexibility index (Phi) is 8.98. The largest absolute Gasteiger partial charge is 0.462 e. The van der Waals surface area contributed by atoms with Crippen molar-refractivity contribution in [1.82, 2.24) is 9.88 Å². The number of hydrogen-bond acceptors (Lipinski definition) is 7. The van der Waals surface area contributed by atoms with Gasteiger partial charge in [0.1, 0.15) is 6.61 Å². The second kappa shape index (κ2) is 11.9. The molecule has 2 aromatic rings. The first-order valence-corrected chi connectivity index (χ1v) is 12.4. The number of unbranched alkanes of at least 4 members (excludes halogenated alkanes) is 1. The fraction of sp³-hybridized carbons (Fsp3) is 0.481. The Hall–Kier alpha value is -3.26. The molecule has 0 spiro atoms. The third-order valence-corrected chi connectivity index (χ3v) is 5.98. The highest BCUT2D eigenvalue weighted by molar-refractivity contribution is 5.96. The van der Waals surface area contributed by atoms with Gasteiger partial charge in [0.2, 0.25) is 12.0 Å². The molecule has 1 saturated heterocycles. The molecule has 0 saturated carbocycles. The molecule has 3 aliphatic rings. The molecule has 190 valence electrons. The highest BCUT2D eigenvalue weighted by Gasteiger charge is 2.51. The highest BCUT2D eigenvalue weighted by Crippen LogP contribution is 2.43. The predicted molar refractivity (Wildman–Crippen MR) is 136 cm³/mol. The Labute approximate surface area is 208 Å². The fourth-order valence-corrected chi connectivity index (χ4v) is 4.12. The maximum Gasteiger partial charge on any atom is 0.348 e. The third kappa shape index (κ3) is 5.53. The molecule has 1 aromatic heterocycles. The lowest BCUT2D eigenvalue weighted by Gasteiger charge is -2.39. The Morgan fingerprint density at radius 2 is 1.89 bits per heavy atom. The molecule has 1 amide bonds. The first kappa shape index (κ1) is 26.3. The molecule has 8 heteroatoms. The number of para-hydroxylation sites is 1. The van der Waals surface area contributed by atoms with Crippen LogP contribution in [0.4, 0.5) is 0 Å². The number of benzene rings is 1. The molecule has 0 aliphatic carbocycles. The lowest BCUT2D eigenvalue weighted by atomic mass is 9.81. The number of carbonyl (C=O) groups is 3. The van der Waals surface area contributed by atoms with E-state index in [9.17, 15) is 14.4 Å². The SMILES string of the molecule is CCC.CCCC.NCC(=O)O[C@@H]1C(=O)OCC2C(=O)N3Cc4cc5ccccc5nc4C3=CC21.[HH]. The van der Waals surface area contributed by atoms with Crippen LogP contribution >= 0.6 is 0 Å². The zero-order valence-electron chi connectivity index (χ0n) is 21.0. The van der Waals surface area contributed by atoms with E-state index in [1.165, 1.54) is 19.3 Å². The van der Waals surface area contributed by atoms with Gasteiger partial charge in [0.15, 0.2) is 0 Å². The molecule has 1 aromatic carbocycles. The van der Waals surface area contributed by atoms with Crippen LogP contribution in [0.2, 0.25) is 0 Å². The Morgan fingerprint density at radius 1 is 1.20 bits per heavy atom. The van der Waals surface area contributed by atoms with Crippen LogP contribution < -0.4 is 5.73 Å². The predicted octanol–water partition coefficient (Wildman–Crippen LogP) is 4.06. The number of nitrogens with two attached hydrogens (primary N) is 1. The van der Waals surface area contributed by atoms with Crippen LogP contribution in [0, 0.1) is 11.8 Å². The molecule has 8 nitrogen and oxygen atoms in total. The summed E-state index contributed by atoms with van der Waals surface area (Å²) in [5, 5.41) is 1.000. The van der Waals surface area contributed by atoms with E-state index in [2.05, 4.69) is 27.7 Å². The fourth-order valence-electron chi connectivity index (χ4n) is 4.12. The maximum atomic E-state index is 13.1. The van der Waals surface area contributed by atoms with Crippen LogP contribution in [0.1, 0.15) is 59.6 Å². The molecule has 5 rings (SSSR count). The number of carbonyl (C=O) groups excluding carboxylic acids is 3. The molecular formula is C27H37N3O5. The minimum absolute atomic E-state index is 0. The van der Waals surface area contributed by atoms with Crippen LogP contribution in [0.5, 0.6) is 0 Å². The maximum absolute atomic E-state index is 13.1. The first-order chi connectivity index (χ1) is 16.9. The monoisotopic (exact) mass is 483 g/mol. The second-order valence-corrected chi connectivity index (χ2v) is 8.80. The Balaban J connectivity index is 0.000000512. The van der Waals surface area contributed by atoms with Gasteiger partial charge in [0.05, 0.1) is 35.9 Å². The van der Waals surface area contributed by atoms with E-state index < -0.39 is 29.9 Å². The molecule has 3 aliphatic heterocycles. The number of amides is 1. The Bertz CT molecular complexity index is 1120. The second-order valence-electron chi connectivity index (χ2n) is 8.80. The van der Waals surface area contributed by atoms with Gasteiger partial charge in [-0.3, -0.25) is 9.59 Å². The summed E-state index contributed by atoms with van der Waals surface area (Å²) in [7, 11) is 0. The standard InChI is InChI=1S/C20H17N3O5.C4H10.C3H8.H2/c21-7-16(24)28-18-12-6-15-17-11(5-10-3-1-2-4-14(10)22-17)8-23(15)19(25)13(12)9-27-20(18)26;1-3-4-2;1-3-2;/h1-6,12-13,18H,7-9,21H2;3-4H2,1-2H3;3H2,1-2H3;1H/t12?,13?,18-;;;/m0.../s1. The smallest absolute Gasteiger partial charge is 0.348 e. The molecule has 4 heterocycles. The highest BCUT2D eigenvalue weighted by atomic mass is 16.6. The van der Waals surface area contributed by atoms with Gasteiger partial charge in [-0.1, -0.05) is 71.2 Å². The number of cyclic esters (lactones) is 1. The van der Waals surface area contributed by atoms with Gasteiger partial charge in [-0.25, -0.2) is 9.78 Å². The van der Waals surface area contributed by atoms with Crippen LogP contribution in [-0.2, 0) is 30.4 Å². The number of pyridine rings is 1. The summed E-state index contributed by atoms with van der Waals surface area (Å²) in [6.07, 6.45) is 4.52. The average molecular weight is 484 g/mol. The van der Waals surface area contributed by atoms with Crippen LogP contribution in [0.25, 0.3) is 16.6 Å². The minimum atomic E-state index is -1.18. The molecule has 1 fully saturated rings. The summed E-state index contributed by atoms with van der Waals surface area (Å²) in [6, 6.07) is 9.77. The van der Waals surface area contributed by atoms with Crippen molar-refractivity contribution in [3.8, 4) is 0 Å². The van der Waals surface area contributed by atoms with Gasteiger partial charge in [-0.15, -0.1) is 0 Å². The van der Waals surface area contributed by atoms with Crippen LogP contribution in [-0.4, -0.2) is 47.0 Å². The average Bonchev–Trinajstić information content (AvgIpc) is 3.22. The molecule has 2 N–H and O–H groups in total. The van der Waals surface area contributed by atoms with Crippen molar-refractivity contribution >= 4 is 34.4 Å². The lowest BCUT2D eigenvalue weighted by molar-refractivity contribution is -0.183. The summed E-state index contributed by atoms with van der Waals surface area (Å²) >= 11 is 0. The lowest BCUT2D eigenvalue weighted by Crippen LogP contribution is -2.53. The summed E-state index contributed by atoms with van der Waals surface area (Å²) in [5.74, 6) is -2.74. The summed E-state index contributed by atoms with van der Waals surface area (Å²) in [6.45, 7) is 8.64. The zero-order valence-corrected chi connectivity index (χ0v) is 21.0. The number of fused-ring (bicyclic) bond motifs is 5. The van der Waals surface area contributed by atoms with Crippen molar-refractivity contribution in [2.24, 2.45) is 17.6 Å². The first-order valence-electron chi connectivity index (χ1n) is 12.4. The number of aromatic nitrogens is 1. The van der Waals surface area contributed by atoms with Crippen LogP contribution in [0.15, 0.2) is 36.4 Å². The van der Waals surface area contributed by atoms with E-state index in [-0.39, 0.29) is 20.5 Å². The number of hydrogen-bond donors (Lipinski definition) is 1. The van der Waals surface area contributed by atoms with Crippen molar-refractivity contribution in [3.63, 3.8) is 0 Å². The molecule has 0 radical (unpaired) electrons. The van der Waals surface area contributed by atoms with Gasteiger partial charge >= 0.3 is 11.9 Å². The van der Waals surface area contributed by atoms with Gasteiger partial charge in [-0.2, -0.15) is 0 Å². The van der Waals surface area contributed by atoms with Crippen molar-refractivity contribution in [3.05, 3.63) is 47.7 Å². The van der Waals surface area contributed by atoms with Gasteiger partial charge < -0.3 is 20.1 Å². The molecule has 2 unspecified atom stereocenters. The van der Waals surface area contributed by atoms with E-state index >= 15 is 0 Å². The zero-order chi connectivity index (χ0) is 25.5. The van der Waals surface area contributed by atoms with E-state index in [4.69, 9.17) is 20.2 Å². The van der Waals surface area contributed by atoms with E-state index in [1.807, 2.05) is 36.4 Å². The minimum Gasteiger partial charge on any atom is -0.462 e. The van der Waals surface area contributed by atoms with E-state index in [1.54, 1.807) is 4.90 Å². The van der Waals surface area contributed by atoms with Gasteiger partial charge in [0.25, 0.3) is 0 Å². The molecule has 35 heavy (non-hydrogen) atoms. The summed E-state index contributed by atoms with van der Waals surface area (Å²) < 4.78 is 10.3. The third-order valence-electron chi connectivity index (χ3n) is 5.98. The number of ether oxygens (including phenoxy) is 2. The van der Waals surface area contributed by atoms with Crippen LogP contribution in [0.3, 0.4) is 0 Å². The van der Waals surface area contributed by atoms with Crippen molar-refractivity contribution in [2.75, 3.05) is 13.2 Å². The van der Waals surface area contributed by atoms with Crippen molar-refractivity contribution < 1.29 is 25.3 Å². The van der Waals surface area contributed by atoms with Gasteiger partial charge in [0, 0.05) is 18.3 Å². The van der Waals surface area contributed by atoms with E-state index in [0.717, 1.165) is 16.5 Å². The van der Waals surface area contributed by atoms with E-state index in [0.29, 0.717) is 17.9 Å².